The lowest BCUT2D eigenvalue weighted by atomic mass is 9.92. The molecule has 6 nitrogen and oxygen atoms in total. The summed E-state index contributed by atoms with van der Waals surface area (Å²) in [4.78, 5) is 18.6. The minimum atomic E-state index is -0.431. The van der Waals surface area contributed by atoms with Gasteiger partial charge in [-0.3, -0.25) is 4.90 Å². The van der Waals surface area contributed by atoms with Crippen LogP contribution >= 0.6 is 27.5 Å². The number of carbonyl (C=O) groups excluding carboxylic acids is 1. The van der Waals surface area contributed by atoms with Gasteiger partial charge in [0.2, 0.25) is 0 Å². The van der Waals surface area contributed by atoms with E-state index in [1.54, 1.807) is 29.2 Å². The van der Waals surface area contributed by atoms with Gasteiger partial charge in [0.25, 0.3) is 0 Å². The molecule has 0 aliphatic carbocycles. The van der Waals surface area contributed by atoms with Crippen LogP contribution in [0.25, 0.3) is 10.9 Å². The number of nitrogens with zero attached hydrogens (tertiary/aromatic N) is 2. The van der Waals surface area contributed by atoms with E-state index in [1.807, 2.05) is 48.5 Å². The van der Waals surface area contributed by atoms with Crippen LogP contribution in [0.1, 0.15) is 22.9 Å². The largest absolute Gasteiger partial charge is 0.479 e. The number of H-pyrrole nitrogens is 1. The van der Waals surface area contributed by atoms with Gasteiger partial charge in [-0.15, -0.1) is 0 Å². The first kappa shape index (κ1) is 22.3. The molecule has 1 aliphatic rings. The summed E-state index contributed by atoms with van der Waals surface area (Å²) in [6.45, 7) is 0.459. The summed E-state index contributed by atoms with van der Waals surface area (Å²) in [6, 6.07) is 21.9. The number of rotatable bonds is 4. The van der Waals surface area contributed by atoms with Gasteiger partial charge in [0.1, 0.15) is 23.6 Å². The smallest absolute Gasteiger partial charge is 0.416 e. The van der Waals surface area contributed by atoms with E-state index in [2.05, 4.69) is 20.9 Å². The minimum absolute atomic E-state index is 0.0264. The Bertz CT molecular complexity index is 1390. The second-order valence-corrected chi connectivity index (χ2v) is 9.24. The standard InChI is InChI=1S/C26H19BrClN3O3/c27-17-3-8-20(9-4-17)34-26(32)31-13-11-21-22-15-18(28)5-10-23(22)30-24(21)25(31)16-1-6-19(7-2-16)33-14-12-29/h1-10,15,25,30H,11,13-14H2. The number of aromatic nitrogens is 1. The molecule has 2 heterocycles. The van der Waals surface area contributed by atoms with Crippen molar-refractivity contribution >= 4 is 44.5 Å². The van der Waals surface area contributed by atoms with Crippen LogP contribution in [0.5, 0.6) is 11.5 Å². The predicted molar refractivity (Wildman–Crippen MR) is 133 cm³/mol. The van der Waals surface area contributed by atoms with E-state index in [9.17, 15) is 4.79 Å². The first-order chi connectivity index (χ1) is 16.5. The van der Waals surface area contributed by atoms with Crippen molar-refractivity contribution in [2.24, 2.45) is 0 Å². The molecule has 0 saturated heterocycles. The average Bonchev–Trinajstić information content (AvgIpc) is 3.21. The molecule has 34 heavy (non-hydrogen) atoms. The van der Waals surface area contributed by atoms with Crippen LogP contribution in [-0.2, 0) is 6.42 Å². The molecule has 1 N–H and O–H groups in total. The highest BCUT2D eigenvalue weighted by molar-refractivity contribution is 9.10. The molecule has 170 valence electrons. The lowest BCUT2D eigenvalue weighted by molar-refractivity contribution is 0.135. The van der Waals surface area contributed by atoms with E-state index in [1.165, 1.54) is 0 Å². The van der Waals surface area contributed by atoms with Gasteiger partial charge in [-0.25, -0.2) is 4.79 Å². The van der Waals surface area contributed by atoms with Crippen molar-refractivity contribution < 1.29 is 14.3 Å². The third kappa shape index (κ3) is 4.35. The van der Waals surface area contributed by atoms with Gasteiger partial charge in [0.05, 0.1) is 0 Å². The van der Waals surface area contributed by atoms with Gasteiger partial charge in [0.15, 0.2) is 6.61 Å². The van der Waals surface area contributed by atoms with Crippen LogP contribution in [0.2, 0.25) is 5.02 Å². The monoisotopic (exact) mass is 535 g/mol. The van der Waals surface area contributed by atoms with Crippen molar-refractivity contribution in [3.05, 3.63) is 93.0 Å². The van der Waals surface area contributed by atoms with Crippen LogP contribution in [-0.4, -0.2) is 29.1 Å². The summed E-state index contributed by atoms with van der Waals surface area (Å²) >= 11 is 9.67. The topological polar surface area (TPSA) is 78.4 Å². The molecule has 0 fully saturated rings. The molecule has 0 spiro atoms. The maximum absolute atomic E-state index is 13.3. The van der Waals surface area contributed by atoms with Crippen molar-refractivity contribution in [3.8, 4) is 17.6 Å². The van der Waals surface area contributed by atoms with E-state index in [4.69, 9.17) is 26.3 Å². The second-order valence-electron chi connectivity index (χ2n) is 7.89. The lowest BCUT2D eigenvalue weighted by Crippen LogP contribution is -2.42. The van der Waals surface area contributed by atoms with Crippen molar-refractivity contribution in [2.75, 3.05) is 13.2 Å². The van der Waals surface area contributed by atoms with Gasteiger partial charge >= 0.3 is 6.09 Å². The summed E-state index contributed by atoms with van der Waals surface area (Å²) in [7, 11) is 0. The van der Waals surface area contributed by atoms with E-state index in [0.717, 1.165) is 32.2 Å². The number of fused-ring (bicyclic) bond motifs is 3. The van der Waals surface area contributed by atoms with Crippen LogP contribution in [0.3, 0.4) is 0 Å². The van der Waals surface area contributed by atoms with Gasteiger partial charge < -0.3 is 14.5 Å². The average molecular weight is 537 g/mol. The molecule has 1 atom stereocenters. The van der Waals surface area contributed by atoms with Gasteiger partial charge in [-0.1, -0.05) is 39.7 Å². The molecule has 8 heteroatoms. The zero-order chi connectivity index (χ0) is 23.7. The number of halogens is 2. The van der Waals surface area contributed by atoms with Crippen molar-refractivity contribution in [2.45, 2.75) is 12.5 Å². The molecule has 0 radical (unpaired) electrons. The normalized spacial score (nSPS) is 15.0. The molecular weight excluding hydrogens is 518 g/mol. The second kappa shape index (κ2) is 9.41. The molecule has 1 amide bonds. The third-order valence-electron chi connectivity index (χ3n) is 5.84. The number of amides is 1. The number of benzene rings is 3. The minimum Gasteiger partial charge on any atom is -0.479 e. The molecule has 5 rings (SSSR count). The predicted octanol–water partition coefficient (Wildman–Crippen LogP) is 6.63. The zero-order valence-corrected chi connectivity index (χ0v) is 20.3. The summed E-state index contributed by atoms with van der Waals surface area (Å²) in [6.07, 6.45) is 0.241. The van der Waals surface area contributed by atoms with Crippen molar-refractivity contribution in [3.63, 3.8) is 0 Å². The first-order valence-corrected chi connectivity index (χ1v) is 11.8. The Morgan fingerprint density at radius 3 is 2.59 bits per heavy atom. The molecular formula is C26H19BrClN3O3. The third-order valence-corrected chi connectivity index (χ3v) is 6.61. The highest BCUT2D eigenvalue weighted by Gasteiger charge is 2.35. The highest BCUT2D eigenvalue weighted by Crippen LogP contribution is 2.40. The molecule has 1 aromatic heterocycles. The van der Waals surface area contributed by atoms with Crippen LogP contribution in [0.4, 0.5) is 4.79 Å². The first-order valence-electron chi connectivity index (χ1n) is 10.7. The summed E-state index contributed by atoms with van der Waals surface area (Å²) < 4.78 is 12.0. The number of ether oxygens (including phenoxy) is 2. The van der Waals surface area contributed by atoms with Gasteiger partial charge in [-0.2, -0.15) is 5.26 Å². The van der Waals surface area contributed by atoms with E-state index >= 15 is 0 Å². The van der Waals surface area contributed by atoms with Crippen LogP contribution < -0.4 is 9.47 Å². The highest BCUT2D eigenvalue weighted by atomic mass is 79.9. The van der Waals surface area contributed by atoms with Crippen LogP contribution in [0, 0.1) is 11.3 Å². The van der Waals surface area contributed by atoms with E-state index in [-0.39, 0.29) is 12.6 Å². The maximum atomic E-state index is 13.3. The fourth-order valence-corrected chi connectivity index (χ4v) is 4.76. The number of hydrogen-bond donors (Lipinski definition) is 1. The Morgan fingerprint density at radius 2 is 1.85 bits per heavy atom. The zero-order valence-electron chi connectivity index (χ0n) is 17.9. The molecule has 1 unspecified atom stereocenters. The molecule has 3 aromatic carbocycles. The molecule has 1 aliphatic heterocycles. The fourth-order valence-electron chi connectivity index (χ4n) is 4.33. The fraction of sp³-hybridized carbons (Fsp3) is 0.154. The van der Waals surface area contributed by atoms with Gasteiger partial charge in [0, 0.05) is 32.6 Å². The summed E-state index contributed by atoms with van der Waals surface area (Å²) in [5, 5.41) is 10.5. The van der Waals surface area contributed by atoms with Crippen molar-refractivity contribution in [1.29, 1.82) is 5.26 Å². The Labute approximate surface area is 209 Å². The number of hydrogen-bond acceptors (Lipinski definition) is 4. The summed E-state index contributed by atoms with van der Waals surface area (Å²) in [5.74, 6) is 1.06. The van der Waals surface area contributed by atoms with E-state index in [0.29, 0.717) is 29.5 Å². The van der Waals surface area contributed by atoms with Gasteiger partial charge in [-0.05, 0) is 72.1 Å². The van der Waals surface area contributed by atoms with Crippen molar-refractivity contribution in [1.82, 2.24) is 9.88 Å². The number of carbonyl (C=O) groups is 1. The SMILES string of the molecule is N#CCOc1ccc(C2c3[nH]c4ccc(Cl)cc4c3CCN2C(=O)Oc2ccc(Br)cc2)cc1. The Balaban J connectivity index is 1.54. The Hall–Kier alpha value is -3.47. The molecule has 0 bridgehead atoms. The lowest BCUT2D eigenvalue weighted by Gasteiger charge is -2.35. The Kier molecular flexibility index (Phi) is 6.18. The van der Waals surface area contributed by atoms with E-state index < -0.39 is 6.09 Å². The summed E-state index contributed by atoms with van der Waals surface area (Å²) in [5.41, 5.74) is 3.94. The molecule has 4 aromatic rings. The number of nitriles is 1. The number of nitrogens with one attached hydrogen (secondary N) is 1. The quantitative estimate of drug-likeness (QED) is 0.317. The Morgan fingerprint density at radius 1 is 1.12 bits per heavy atom. The maximum Gasteiger partial charge on any atom is 0.416 e. The van der Waals surface area contributed by atoms with Crippen LogP contribution in [0.15, 0.2) is 71.2 Å². The number of aromatic amines is 1. The molecule has 0 saturated carbocycles.